The van der Waals surface area contributed by atoms with Crippen LogP contribution in [0.2, 0.25) is 0 Å². The number of carbonyl (C=O) groups excluding carboxylic acids is 3. The van der Waals surface area contributed by atoms with Gasteiger partial charge in [-0.05, 0) is 30.4 Å². The van der Waals surface area contributed by atoms with Gasteiger partial charge in [-0.3, -0.25) is 14.5 Å². The molecule has 1 spiro atoms. The quantitative estimate of drug-likeness (QED) is 0.667. The van der Waals surface area contributed by atoms with Gasteiger partial charge in [-0.15, -0.1) is 0 Å². The zero-order valence-electron chi connectivity index (χ0n) is 16.4. The molecule has 0 saturated carbocycles. The fourth-order valence-electron chi connectivity index (χ4n) is 3.95. The maximum atomic E-state index is 13.3. The fourth-order valence-corrected chi connectivity index (χ4v) is 3.95. The molecule has 1 N–H and O–H groups in total. The summed E-state index contributed by atoms with van der Waals surface area (Å²) in [5, 5.41) is 2.87. The standard InChI is InChI=1S/C20H27N3O5/c1-27-12-10-22(11-13-28-2)17(24)14-23-18(25)20(21-19(23)26)9-5-7-15-6-3-4-8-16(15)20/h3-4,6,8H,5,7,9-14H2,1-2H3,(H,21,26)/t20-/m1/s1. The van der Waals surface area contributed by atoms with E-state index in [-0.39, 0.29) is 18.4 Å². The van der Waals surface area contributed by atoms with Crippen LogP contribution in [0.1, 0.15) is 24.0 Å². The molecule has 8 heteroatoms. The Balaban J connectivity index is 1.78. The summed E-state index contributed by atoms with van der Waals surface area (Å²) in [7, 11) is 3.11. The Morgan fingerprint density at radius 3 is 2.54 bits per heavy atom. The van der Waals surface area contributed by atoms with Crippen LogP contribution in [0.25, 0.3) is 0 Å². The summed E-state index contributed by atoms with van der Waals surface area (Å²) in [6.07, 6.45) is 2.22. The summed E-state index contributed by atoms with van der Waals surface area (Å²) < 4.78 is 10.1. The molecular weight excluding hydrogens is 362 g/mol. The van der Waals surface area contributed by atoms with E-state index in [2.05, 4.69) is 5.32 Å². The number of hydrogen-bond donors (Lipinski definition) is 1. The second-order valence-electron chi connectivity index (χ2n) is 7.10. The van der Waals surface area contributed by atoms with Crippen molar-refractivity contribution in [2.45, 2.75) is 24.8 Å². The Bertz CT molecular complexity index is 745. The van der Waals surface area contributed by atoms with Gasteiger partial charge in [0.2, 0.25) is 5.91 Å². The highest BCUT2D eigenvalue weighted by Gasteiger charge is 2.54. The number of rotatable bonds is 8. The molecule has 8 nitrogen and oxygen atoms in total. The second-order valence-corrected chi connectivity index (χ2v) is 7.10. The van der Waals surface area contributed by atoms with Crippen molar-refractivity contribution < 1.29 is 23.9 Å². The number of ether oxygens (including phenoxy) is 2. The van der Waals surface area contributed by atoms with Gasteiger partial charge in [-0.2, -0.15) is 0 Å². The number of fused-ring (bicyclic) bond motifs is 2. The Morgan fingerprint density at radius 1 is 1.18 bits per heavy atom. The molecule has 1 atom stereocenters. The van der Waals surface area contributed by atoms with E-state index in [1.807, 2.05) is 24.3 Å². The maximum Gasteiger partial charge on any atom is 0.325 e. The Morgan fingerprint density at radius 2 is 1.86 bits per heavy atom. The van der Waals surface area contributed by atoms with E-state index in [9.17, 15) is 14.4 Å². The molecule has 3 rings (SSSR count). The van der Waals surface area contributed by atoms with E-state index in [1.165, 1.54) is 0 Å². The third-order valence-electron chi connectivity index (χ3n) is 5.43. The number of urea groups is 1. The van der Waals surface area contributed by atoms with Crippen LogP contribution in [0.3, 0.4) is 0 Å². The lowest BCUT2D eigenvalue weighted by atomic mass is 9.76. The molecule has 2 aliphatic rings. The van der Waals surface area contributed by atoms with E-state index in [0.717, 1.165) is 28.9 Å². The lowest BCUT2D eigenvalue weighted by molar-refractivity contribution is -0.140. The van der Waals surface area contributed by atoms with Gasteiger partial charge in [-0.25, -0.2) is 4.79 Å². The van der Waals surface area contributed by atoms with Crippen LogP contribution in [0, 0.1) is 0 Å². The number of hydrogen-bond acceptors (Lipinski definition) is 5. The first kappa shape index (κ1) is 20.3. The van der Waals surface area contributed by atoms with Crippen LogP contribution in [-0.2, 0) is 31.0 Å². The van der Waals surface area contributed by atoms with Crippen molar-refractivity contribution in [3.05, 3.63) is 35.4 Å². The number of nitrogens with one attached hydrogen (secondary N) is 1. The monoisotopic (exact) mass is 389 g/mol. The summed E-state index contributed by atoms with van der Waals surface area (Å²) in [4.78, 5) is 41.2. The van der Waals surface area contributed by atoms with Crippen molar-refractivity contribution in [1.82, 2.24) is 15.1 Å². The largest absolute Gasteiger partial charge is 0.383 e. The van der Waals surface area contributed by atoms with Crippen molar-refractivity contribution in [3.63, 3.8) is 0 Å². The number of aryl methyl sites for hydroxylation is 1. The van der Waals surface area contributed by atoms with Gasteiger partial charge >= 0.3 is 6.03 Å². The first-order chi connectivity index (χ1) is 13.5. The maximum absolute atomic E-state index is 13.3. The lowest BCUT2D eigenvalue weighted by Crippen LogP contribution is -2.48. The zero-order valence-corrected chi connectivity index (χ0v) is 16.4. The van der Waals surface area contributed by atoms with E-state index >= 15 is 0 Å². The number of benzene rings is 1. The number of imide groups is 1. The average Bonchev–Trinajstić information content (AvgIpc) is 2.93. The minimum Gasteiger partial charge on any atom is -0.383 e. The highest BCUT2D eigenvalue weighted by Crippen LogP contribution is 2.39. The molecule has 0 unspecified atom stereocenters. The van der Waals surface area contributed by atoms with Gasteiger partial charge < -0.3 is 19.7 Å². The van der Waals surface area contributed by atoms with Crippen LogP contribution in [0.5, 0.6) is 0 Å². The van der Waals surface area contributed by atoms with Gasteiger partial charge in [0.1, 0.15) is 12.1 Å². The first-order valence-electron chi connectivity index (χ1n) is 9.51. The Hall–Kier alpha value is -2.45. The predicted molar refractivity (Wildman–Crippen MR) is 102 cm³/mol. The molecule has 1 aromatic rings. The third-order valence-corrected chi connectivity index (χ3v) is 5.43. The van der Waals surface area contributed by atoms with Crippen molar-refractivity contribution >= 4 is 17.8 Å². The van der Waals surface area contributed by atoms with Crippen LogP contribution in [0.4, 0.5) is 4.79 Å². The normalized spacial score (nSPS) is 21.0. The number of amides is 4. The summed E-state index contributed by atoms with van der Waals surface area (Å²) in [5.74, 6) is -0.657. The SMILES string of the molecule is COCCN(CCOC)C(=O)CN1C(=O)N[C@@]2(CCCc3ccccc32)C1=O. The Labute approximate surface area is 164 Å². The van der Waals surface area contributed by atoms with E-state index in [0.29, 0.717) is 32.7 Å². The average molecular weight is 389 g/mol. The van der Waals surface area contributed by atoms with Crippen LogP contribution in [0.15, 0.2) is 24.3 Å². The van der Waals surface area contributed by atoms with Gasteiger partial charge in [0.05, 0.1) is 13.2 Å². The molecule has 1 aliphatic heterocycles. The van der Waals surface area contributed by atoms with E-state index in [4.69, 9.17) is 9.47 Å². The van der Waals surface area contributed by atoms with Crippen molar-refractivity contribution in [3.8, 4) is 0 Å². The number of nitrogens with zero attached hydrogens (tertiary/aromatic N) is 2. The minimum atomic E-state index is -1.06. The van der Waals surface area contributed by atoms with Crippen LogP contribution in [-0.4, -0.2) is 74.7 Å². The second kappa shape index (κ2) is 8.70. The van der Waals surface area contributed by atoms with Crippen molar-refractivity contribution in [1.29, 1.82) is 0 Å². The predicted octanol–water partition coefficient (Wildman–Crippen LogP) is 0.891. The van der Waals surface area contributed by atoms with Crippen LogP contribution >= 0.6 is 0 Å². The smallest absolute Gasteiger partial charge is 0.325 e. The lowest BCUT2D eigenvalue weighted by Gasteiger charge is -2.33. The van der Waals surface area contributed by atoms with Gasteiger partial charge in [-0.1, -0.05) is 24.3 Å². The van der Waals surface area contributed by atoms with Gasteiger partial charge in [0.25, 0.3) is 5.91 Å². The summed E-state index contributed by atoms with van der Waals surface area (Å²) in [5.41, 5.74) is 0.846. The van der Waals surface area contributed by atoms with Crippen LogP contribution < -0.4 is 5.32 Å². The fraction of sp³-hybridized carbons (Fsp3) is 0.550. The molecule has 28 heavy (non-hydrogen) atoms. The van der Waals surface area contributed by atoms with E-state index in [1.54, 1.807) is 19.1 Å². The molecule has 0 bridgehead atoms. The highest BCUT2D eigenvalue weighted by atomic mass is 16.5. The molecule has 1 fully saturated rings. The molecule has 4 amide bonds. The van der Waals surface area contributed by atoms with Crippen molar-refractivity contribution in [2.75, 3.05) is 47.1 Å². The molecule has 1 aliphatic carbocycles. The summed E-state index contributed by atoms with van der Waals surface area (Å²) >= 11 is 0. The molecule has 0 aromatic heterocycles. The van der Waals surface area contributed by atoms with Gasteiger partial charge in [0.15, 0.2) is 0 Å². The van der Waals surface area contributed by atoms with Gasteiger partial charge in [0, 0.05) is 27.3 Å². The topological polar surface area (TPSA) is 88.2 Å². The highest BCUT2D eigenvalue weighted by molar-refractivity contribution is 6.09. The van der Waals surface area contributed by atoms with Crippen molar-refractivity contribution in [2.24, 2.45) is 0 Å². The molecular formula is C20H27N3O5. The molecule has 1 saturated heterocycles. The third kappa shape index (κ3) is 3.74. The molecule has 1 heterocycles. The summed E-state index contributed by atoms with van der Waals surface area (Å²) in [6, 6.07) is 7.16. The molecule has 152 valence electrons. The first-order valence-corrected chi connectivity index (χ1v) is 9.51. The summed E-state index contributed by atoms with van der Waals surface area (Å²) in [6.45, 7) is 1.19. The molecule has 1 aromatic carbocycles. The number of carbonyl (C=O) groups is 3. The number of methoxy groups -OCH3 is 2. The minimum absolute atomic E-state index is 0.290. The zero-order chi connectivity index (χ0) is 20.1. The Kier molecular flexibility index (Phi) is 6.31. The molecule has 0 radical (unpaired) electrons. The van der Waals surface area contributed by atoms with E-state index < -0.39 is 11.6 Å².